The van der Waals surface area contributed by atoms with E-state index in [1.165, 1.54) is 0 Å². The van der Waals surface area contributed by atoms with Crippen molar-refractivity contribution in [2.45, 2.75) is 31.8 Å². The summed E-state index contributed by atoms with van der Waals surface area (Å²) in [6.07, 6.45) is 1.60. The molecular formula is C14H17ClN2O3. The Labute approximate surface area is 122 Å². The molecule has 1 aliphatic rings. The first-order chi connectivity index (χ1) is 9.56. The molecule has 20 heavy (non-hydrogen) atoms. The van der Waals surface area contributed by atoms with Crippen LogP contribution in [0.15, 0.2) is 24.3 Å². The Hall–Kier alpha value is -1.75. The van der Waals surface area contributed by atoms with Crippen molar-refractivity contribution < 1.29 is 14.7 Å². The number of halogens is 1. The summed E-state index contributed by atoms with van der Waals surface area (Å²) in [6, 6.07) is 6.86. The number of amides is 2. The fourth-order valence-electron chi connectivity index (χ4n) is 2.44. The highest BCUT2D eigenvalue weighted by Crippen LogP contribution is 2.20. The molecule has 1 aliphatic heterocycles. The van der Waals surface area contributed by atoms with E-state index in [0.717, 1.165) is 18.4 Å². The monoisotopic (exact) mass is 296 g/mol. The molecule has 0 spiro atoms. The lowest BCUT2D eigenvalue weighted by atomic mass is 10.1. The minimum atomic E-state index is -0.871. The van der Waals surface area contributed by atoms with Gasteiger partial charge >= 0.3 is 12.0 Å². The summed E-state index contributed by atoms with van der Waals surface area (Å²) in [7, 11) is 0. The molecule has 0 radical (unpaired) electrons. The normalized spacial score (nSPS) is 18.1. The Morgan fingerprint density at radius 1 is 1.45 bits per heavy atom. The van der Waals surface area contributed by atoms with Gasteiger partial charge < -0.3 is 15.3 Å². The molecule has 1 atom stereocenters. The quantitative estimate of drug-likeness (QED) is 0.897. The molecule has 1 fully saturated rings. The van der Waals surface area contributed by atoms with E-state index in [9.17, 15) is 9.59 Å². The molecule has 0 aromatic heterocycles. The number of urea groups is 1. The number of carboxylic acids is 1. The topological polar surface area (TPSA) is 69.6 Å². The van der Waals surface area contributed by atoms with Crippen molar-refractivity contribution in [3.05, 3.63) is 34.9 Å². The third kappa shape index (κ3) is 3.87. The van der Waals surface area contributed by atoms with E-state index in [2.05, 4.69) is 5.32 Å². The van der Waals surface area contributed by atoms with Gasteiger partial charge in [0.25, 0.3) is 0 Å². The van der Waals surface area contributed by atoms with Gasteiger partial charge in [-0.1, -0.05) is 23.7 Å². The molecule has 5 nitrogen and oxygen atoms in total. The van der Waals surface area contributed by atoms with Crippen LogP contribution >= 0.6 is 11.6 Å². The molecule has 108 valence electrons. The molecule has 6 heteroatoms. The van der Waals surface area contributed by atoms with Crippen LogP contribution in [-0.4, -0.2) is 34.6 Å². The van der Waals surface area contributed by atoms with Crippen LogP contribution in [0.25, 0.3) is 0 Å². The first kappa shape index (κ1) is 14.7. The maximum atomic E-state index is 12.1. The molecule has 1 unspecified atom stereocenters. The Bertz CT molecular complexity index is 507. The number of benzene rings is 1. The number of hydrogen-bond acceptors (Lipinski definition) is 2. The van der Waals surface area contributed by atoms with E-state index in [1.54, 1.807) is 17.0 Å². The summed E-state index contributed by atoms with van der Waals surface area (Å²) in [5.41, 5.74) is 0.917. The molecule has 1 aromatic carbocycles. The molecule has 1 heterocycles. The minimum Gasteiger partial charge on any atom is -0.481 e. The molecule has 0 bridgehead atoms. The van der Waals surface area contributed by atoms with Gasteiger partial charge in [0, 0.05) is 24.2 Å². The second-order valence-electron chi connectivity index (χ2n) is 4.88. The van der Waals surface area contributed by atoms with Crippen molar-refractivity contribution >= 4 is 23.6 Å². The number of hydrogen-bond donors (Lipinski definition) is 2. The number of likely N-dealkylation sites (tertiary alicyclic amines) is 1. The van der Waals surface area contributed by atoms with Gasteiger partial charge in [-0.2, -0.15) is 0 Å². The number of nitrogens with one attached hydrogen (secondary N) is 1. The van der Waals surface area contributed by atoms with Gasteiger partial charge in [-0.3, -0.25) is 4.79 Å². The lowest BCUT2D eigenvalue weighted by Gasteiger charge is -2.23. The minimum absolute atomic E-state index is 0.00455. The van der Waals surface area contributed by atoms with Crippen LogP contribution in [0.1, 0.15) is 24.8 Å². The van der Waals surface area contributed by atoms with Gasteiger partial charge in [0.2, 0.25) is 0 Å². The molecule has 2 rings (SSSR count). The zero-order valence-electron chi connectivity index (χ0n) is 11.0. The van der Waals surface area contributed by atoms with Crippen LogP contribution in [0, 0.1) is 0 Å². The molecular weight excluding hydrogens is 280 g/mol. The van der Waals surface area contributed by atoms with E-state index in [4.69, 9.17) is 16.7 Å². The van der Waals surface area contributed by atoms with Gasteiger partial charge in [-0.15, -0.1) is 0 Å². The number of aliphatic carboxylic acids is 1. The summed E-state index contributed by atoms with van der Waals surface area (Å²) in [5, 5.41) is 12.3. The zero-order chi connectivity index (χ0) is 14.5. The van der Waals surface area contributed by atoms with Crippen molar-refractivity contribution in [1.29, 1.82) is 0 Å². The van der Waals surface area contributed by atoms with Crippen LogP contribution < -0.4 is 5.32 Å². The highest BCUT2D eigenvalue weighted by Gasteiger charge is 2.30. The van der Waals surface area contributed by atoms with Crippen LogP contribution in [0.2, 0.25) is 5.02 Å². The van der Waals surface area contributed by atoms with E-state index in [0.29, 0.717) is 18.1 Å². The van der Waals surface area contributed by atoms with Crippen LogP contribution in [-0.2, 0) is 11.3 Å². The highest BCUT2D eigenvalue weighted by atomic mass is 35.5. The fraction of sp³-hybridized carbons (Fsp3) is 0.429. The van der Waals surface area contributed by atoms with Crippen molar-refractivity contribution in [2.75, 3.05) is 6.54 Å². The van der Waals surface area contributed by atoms with Crippen molar-refractivity contribution in [3.63, 3.8) is 0 Å². The van der Waals surface area contributed by atoms with Crippen LogP contribution in [0.4, 0.5) is 4.79 Å². The predicted molar refractivity (Wildman–Crippen MR) is 75.7 cm³/mol. The smallest absolute Gasteiger partial charge is 0.317 e. The second-order valence-corrected chi connectivity index (χ2v) is 5.31. The lowest BCUT2D eigenvalue weighted by molar-refractivity contribution is -0.137. The molecule has 1 saturated heterocycles. The molecule has 1 aromatic rings. The van der Waals surface area contributed by atoms with E-state index in [-0.39, 0.29) is 18.5 Å². The van der Waals surface area contributed by atoms with Gasteiger partial charge in [0.15, 0.2) is 0 Å². The van der Waals surface area contributed by atoms with E-state index < -0.39 is 5.97 Å². The first-order valence-electron chi connectivity index (χ1n) is 6.57. The van der Waals surface area contributed by atoms with E-state index in [1.807, 2.05) is 12.1 Å². The van der Waals surface area contributed by atoms with Crippen molar-refractivity contribution in [1.82, 2.24) is 10.2 Å². The third-order valence-corrected chi connectivity index (χ3v) is 3.62. The maximum Gasteiger partial charge on any atom is 0.317 e. The average molecular weight is 297 g/mol. The number of carbonyl (C=O) groups excluding carboxylic acids is 1. The van der Waals surface area contributed by atoms with Crippen molar-refractivity contribution in [2.24, 2.45) is 0 Å². The average Bonchev–Trinajstić information content (AvgIpc) is 2.83. The standard InChI is InChI=1S/C14H17ClN2O3/c15-11-4-1-3-10(7-11)9-16-14(20)17-6-2-5-12(17)8-13(18)19/h1,3-4,7,12H,2,5-6,8-9H2,(H,16,20)(H,18,19). The Morgan fingerprint density at radius 2 is 2.25 bits per heavy atom. The fourth-order valence-corrected chi connectivity index (χ4v) is 2.66. The SMILES string of the molecule is O=C(O)CC1CCCN1C(=O)NCc1cccc(Cl)c1. The summed E-state index contributed by atoms with van der Waals surface area (Å²) in [6.45, 7) is 0.995. The lowest BCUT2D eigenvalue weighted by Crippen LogP contribution is -2.43. The predicted octanol–water partition coefficient (Wildman–Crippen LogP) is 2.49. The summed E-state index contributed by atoms with van der Waals surface area (Å²) in [5.74, 6) is -0.871. The summed E-state index contributed by atoms with van der Waals surface area (Å²) >= 11 is 5.88. The third-order valence-electron chi connectivity index (χ3n) is 3.38. The Kier molecular flexibility index (Phi) is 4.84. The number of carbonyl (C=O) groups is 2. The van der Waals surface area contributed by atoms with E-state index >= 15 is 0 Å². The number of carboxylic acid groups (broad SMARTS) is 1. The highest BCUT2D eigenvalue weighted by molar-refractivity contribution is 6.30. The largest absolute Gasteiger partial charge is 0.481 e. The van der Waals surface area contributed by atoms with Crippen LogP contribution in [0.5, 0.6) is 0 Å². The Morgan fingerprint density at radius 3 is 2.95 bits per heavy atom. The van der Waals surface area contributed by atoms with Gasteiger partial charge in [-0.05, 0) is 30.5 Å². The molecule has 0 saturated carbocycles. The van der Waals surface area contributed by atoms with Gasteiger partial charge in [-0.25, -0.2) is 4.79 Å². The maximum absolute atomic E-state index is 12.1. The molecule has 0 aliphatic carbocycles. The molecule has 2 N–H and O–H groups in total. The van der Waals surface area contributed by atoms with Gasteiger partial charge in [0.05, 0.1) is 6.42 Å². The zero-order valence-corrected chi connectivity index (χ0v) is 11.8. The number of rotatable bonds is 4. The van der Waals surface area contributed by atoms with Gasteiger partial charge in [0.1, 0.15) is 0 Å². The Balaban J connectivity index is 1.89. The molecule has 2 amide bonds. The van der Waals surface area contributed by atoms with Crippen LogP contribution in [0.3, 0.4) is 0 Å². The summed E-state index contributed by atoms with van der Waals surface area (Å²) < 4.78 is 0. The second kappa shape index (κ2) is 6.61. The summed E-state index contributed by atoms with van der Waals surface area (Å²) in [4.78, 5) is 24.5. The first-order valence-corrected chi connectivity index (χ1v) is 6.95. The van der Waals surface area contributed by atoms with Crippen molar-refractivity contribution in [3.8, 4) is 0 Å². The number of nitrogens with zero attached hydrogens (tertiary/aromatic N) is 1.